The molecule has 0 saturated carbocycles. The fourth-order valence-corrected chi connectivity index (χ4v) is 4.52. The Labute approximate surface area is 139 Å². The number of benzene rings is 2. The number of halogens is 1. The van der Waals surface area contributed by atoms with E-state index in [2.05, 4.69) is 5.32 Å². The third kappa shape index (κ3) is 3.47. The van der Waals surface area contributed by atoms with Gasteiger partial charge in [-0.3, -0.25) is 4.79 Å². The van der Waals surface area contributed by atoms with Gasteiger partial charge in [0.05, 0.1) is 23.7 Å². The number of aliphatic hydroxyl groups is 1. The first-order valence-corrected chi connectivity index (χ1v) is 9.22. The van der Waals surface area contributed by atoms with Gasteiger partial charge in [-0.15, -0.1) is 0 Å². The van der Waals surface area contributed by atoms with E-state index in [0.717, 1.165) is 0 Å². The van der Waals surface area contributed by atoms with Gasteiger partial charge in [0.2, 0.25) is 0 Å². The van der Waals surface area contributed by atoms with Gasteiger partial charge in [0.25, 0.3) is 5.91 Å². The zero-order valence-corrected chi connectivity index (χ0v) is 13.5. The summed E-state index contributed by atoms with van der Waals surface area (Å²) in [4.78, 5) is 12.5. The predicted molar refractivity (Wildman–Crippen MR) is 87.8 cm³/mol. The molecule has 1 saturated heterocycles. The van der Waals surface area contributed by atoms with E-state index in [-0.39, 0.29) is 17.3 Å². The van der Waals surface area contributed by atoms with Crippen LogP contribution in [0.2, 0.25) is 0 Å². The molecule has 7 heteroatoms. The molecule has 24 heavy (non-hydrogen) atoms. The largest absolute Gasteiger partial charge is 0.390 e. The fraction of sp³-hybridized carbons (Fsp3) is 0.235. The van der Waals surface area contributed by atoms with Gasteiger partial charge in [-0.05, 0) is 29.3 Å². The van der Waals surface area contributed by atoms with Gasteiger partial charge < -0.3 is 10.4 Å². The Kier molecular flexibility index (Phi) is 4.38. The van der Waals surface area contributed by atoms with E-state index in [4.69, 9.17) is 0 Å². The second-order valence-electron chi connectivity index (χ2n) is 5.78. The molecule has 1 aliphatic rings. The monoisotopic (exact) mass is 349 g/mol. The van der Waals surface area contributed by atoms with Crippen LogP contribution in [0.5, 0.6) is 0 Å². The van der Waals surface area contributed by atoms with E-state index in [1.54, 1.807) is 36.4 Å². The number of amides is 1. The highest BCUT2D eigenvalue weighted by atomic mass is 32.2. The summed E-state index contributed by atoms with van der Waals surface area (Å²) in [6.45, 7) is 0. The summed E-state index contributed by atoms with van der Waals surface area (Å²) < 4.78 is 36.2. The van der Waals surface area contributed by atoms with E-state index in [1.807, 2.05) is 0 Å². The fourth-order valence-electron chi connectivity index (χ4n) is 2.78. The molecule has 1 aliphatic heterocycles. The minimum atomic E-state index is -3.35. The molecule has 1 amide bonds. The highest BCUT2D eigenvalue weighted by Crippen LogP contribution is 2.24. The molecule has 0 spiro atoms. The first-order chi connectivity index (χ1) is 11.4. The molecular formula is C17H16FNO4S. The van der Waals surface area contributed by atoms with E-state index in [0.29, 0.717) is 16.7 Å². The average molecular weight is 349 g/mol. The molecule has 5 nitrogen and oxygen atoms in total. The van der Waals surface area contributed by atoms with E-state index >= 15 is 0 Å². The summed E-state index contributed by atoms with van der Waals surface area (Å²) >= 11 is 0. The molecule has 0 radical (unpaired) electrons. The molecule has 2 aromatic carbocycles. The maximum atomic E-state index is 13.1. The summed E-state index contributed by atoms with van der Waals surface area (Å²) in [5.74, 6) is -1.48. The Morgan fingerprint density at radius 3 is 2.38 bits per heavy atom. The van der Waals surface area contributed by atoms with Crippen LogP contribution in [0.1, 0.15) is 10.4 Å². The molecule has 1 fully saturated rings. The zero-order chi connectivity index (χ0) is 17.3. The van der Waals surface area contributed by atoms with Crippen LogP contribution in [-0.2, 0) is 9.84 Å². The molecule has 0 unspecified atom stereocenters. The van der Waals surface area contributed by atoms with E-state index < -0.39 is 27.9 Å². The van der Waals surface area contributed by atoms with Crippen molar-refractivity contribution in [2.45, 2.75) is 12.1 Å². The normalized spacial score (nSPS) is 22.2. The summed E-state index contributed by atoms with van der Waals surface area (Å²) in [6, 6.07) is 11.7. The summed E-state index contributed by atoms with van der Waals surface area (Å²) in [5.41, 5.74) is 1.60. The Morgan fingerprint density at radius 1 is 1.08 bits per heavy atom. The van der Waals surface area contributed by atoms with Crippen LogP contribution in [0, 0.1) is 5.82 Å². The number of rotatable bonds is 3. The van der Waals surface area contributed by atoms with Gasteiger partial charge in [-0.1, -0.05) is 30.3 Å². The van der Waals surface area contributed by atoms with Crippen LogP contribution >= 0.6 is 0 Å². The molecule has 0 aliphatic carbocycles. The Hall–Kier alpha value is -2.25. The number of sulfone groups is 1. The van der Waals surface area contributed by atoms with Gasteiger partial charge in [-0.25, -0.2) is 12.8 Å². The minimum Gasteiger partial charge on any atom is -0.390 e. The first kappa shape index (κ1) is 16.6. The molecule has 0 bridgehead atoms. The van der Waals surface area contributed by atoms with E-state index in [1.165, 1.54) is 12.1 Å². The smallest absolute Gasteiger partial charge is 0.252 e. The number of carbonyl (C=O) groups excluding carboxylic acids is 1. The average Bonchev–Trinajstić information content (AvgIpc) is 2.80. The molecule has 3 rings (SSSR count). The highest BCUT2D eigenvalue weighted by molar-refractivity contribution is 7.91. The van der Waals surface area contributed by atoms with Crippen molar-refractivity contribution in [1.29, 1.82) is 0 Å². The molecule has 126 valence electrons. The van der Waals surface area contributed by atoms with Crippen LogP contribution in [-0.4, -0.2) is 43.1 Å². The van der Waals surface area contributed by atoms with Crippen molar-refractivity contribution in [3.05, 3.63) is 59.9 Å². The molecule has 2 N–H and O–H groups in total. The zero-order valence-electron chi connectivity index (χ0n) is 12.6. The standard InChI is InChI=1S/C17H16FNO4S/c18-12-7-5-11(6-8-12)13-3-1-2-4-14(13)17(21)19-15-9-24(22,23)10-16(15)20/h1-8,15-16,20H,9-10H2,(H,19,21)/t15-,16-/m1/s1. The quantitative estimate of drug-likeness (QED) is 0.877. The molecule has 2 atom stereocenters. The number of hydrogen-bond donors (Lipinski definition) is 2. The second-order valence-corrected chi connectivity index (χ2v) is 7.93. The number of nitrogens with one attached hydrogen (secondary N) is 1. The summed E-state index contributed by atoms with van der Waals surface area (Å²) in [6.07, 6.45) is -1.11. The SMILES string of the molecule is O=C(N[C@@H]1CS(=O)(=O)C[C@H]1O)c1ccccc1-c1ccc(F)cc1. The lowest BCUT2D eigenvalue weighted by molar-refractivity contribution is 0.0889. The van der Waals surface area contributed by atoms with Crippen molar-refractivity contribution >= 4 is 15.7 Å². The van der Waals surface area contributed by atoms with Crippen molar-refractivity contribution in [2.24, 2.45) is 0 Å². The van der Waals surface area contributed by atoms with Crippen LogP contribution in [0.15, 0.2) is 48.5 Å². The maximum absolute atomic E-state index is 13.1. The number of aliphatic hydroxyl groups excluding tert-OH is 1. The Balaban J connectivity index is 1.87. The molecule has 0 aromatic heterocycles. The lowest BCUT2D eigenvalue weighted by Crippen LogP contribution is -2.42. The summed E-state index contributed by atoms with van der Waals surface area (Å²) in [7, 11) is -3.35. The first-order valence-electron chi connectivity index (χ1n) is 7.40. The summed E-state index contributed by atoms with van der Waals surface area (Å²) in [5, 5.41) is 12.4. The lowest BCUT2D eigenvalue weighted by atomic mass is 9.99. The van der Waals surface area contributed by atoms with Gasteiger partial charge in [-0.2, -0.15) is 0 Å². The Bertz CT molecular complexity index is 864. The second kappa shape index (κ2) is 6.33. The predicted octanol–water partition coefficient (Wildman–Crippen LogP) is 1.38. The molecular weight excluding hydrogens is 333 g/mol. The van der Waals surface area contributed by atoms with Crippen LogP contribution in [0.25, 0.3) is 11.1 Å². The molecule has 1 heterocycles. The third-order valence-electron chi connectivity index (χ3n) is 3.97. The van der Waals surface area contributed by atoms with Crippen LogP contribution in [0.3, 0.4) is 0 Å². The van der Waals surface area contributed by atoms with Gasteiger partial charge in [0.1, 0.15) is 5.82 Å². The van der Waals surface area contributed by atoms with Crippen LogP contribution in [0.4, 0.5) is 4.39 Å². The number of carbonyl (C=O) groups is 1. The van der Waals surface area contributed by atoms with Gasteiger partial charge in [0.15, 0.2) is 9.84 Å². The van der Waals surface area contributed by atoms with Crippen molar-refractivity contribution in [1.82, 2.24) is 5.32 Å². The minimum absolute atomic E-state index is 0.279. The third-order valence-corrected chi connectivity index (χ3v) is 5.68. The van der Waals surface area contributed by atoms with Gasteiger partial charge in [0, 0.05) is 5.56 Å². The van der Waals surface area contributed by atoms with Gasteiger partial charge >= 0.3 is 0 Å². The van der Waals surface area contributed by atoms with Crippen LogP contribution < -0.4 is 5.32 Å². The maximum Gasteiger partial charge on any atom is 0.252 e. The van der Waals surface area contributed by atoms with Crippen molar-refractivity contribution in [3.8, 4) is 11.1 Å². The van der Waals surface area contributed by atoms with Crippen molar-refractivity contribution < 1.29 is 22.7 Å². The Morgan fingerprint density at radius 2 is 1.75 bits per heavy atom. The lowest BCUT2D eigenvalue weighted by Gasteiger charge is -2.16. The van der Waals surface area contributed by atoms with Crippen molar-refractivity contribution in [3.63, 3.8) is 0 Å². The van der Waals surface area contributed by atoms with E-state index in [9.17, 15) is 22.7 Å². The van der Waals surface area contributed by atoms with Crippen molar-refractivity contribution in [2.75, 3.05) is 11.5 Å². The molecule has 2 aromatic rings. The highest BCUT2D eigenvalue weighted by Gasteiger charge is 2.37. The topological polar surface area (TPSA) is 83.5 Å². The number of hydrogen-bond acceptors (Lipinski definition) is 4.